The normalized spacial score (nSPS) is 18.9. The Kier molecular flexibility index (Phi) is 8.54. The van der Waals surface area contributed by atoms with Crippen LogP contribution in [0.4, 0.5) is 20.7 Å². The van der Waals surface area contributed by atoms with Crippen LogP contribution in [0.25, 0.3) is 11.4 Å². The second-order valence-electron chi connectivity index (χ2n) is 10.3. The molecule has 1 aromatic carbocycles. The number of ether oxygens (including phenoxy) is 2. The summed E-state index contributed by atoms with van der Waals surface area (Å²) in [5.74, 6) is -0.636. The highest BCUT2D eigenvalue weighted by atomic mass is 79.9. The number of nitrogens with two attached hydrogens (primary N) is 1. The molecule has 13 heteroatoms. The largest absolute Gasteiger partial charge is 0.496 e. The van der Waals surface area contributed by atoms with Crippen molar-refractivity contribution in [2.24, 2.45) is 11.1 Å². The maximum atomic E-state index is 14.6. The van der Waals surface area contributed by atoms with Crippen molar-refractivity contribution in [1.29, 1.82) is 0 Å². The van der Waals surface area contributed by atoms with E-state index < -0.39 is 41.4 Å². The highest BCUT2D eigenvalue weighted by Crippen LogP contribution is 2.43. The van der Waals surface area contributed by atoms with Crippen molar-refractivity contribution in [3.8, 4) is 17.1 Å². The number of carbonyl (C=O) groups is 2. The van der Waals surface area contributed by atoms with E-state index in [0.29, 0.717) is 22.5 Å². The minimum Gasteiger partial charge on any atom is -0.496 e. The topological polar surface area (TPSA) is 153 Å². The number of rotatable bonds is 7. The predicted octanol–water partition coefficient (Wildman–Crippen LogP) is 4.15. The molecular formula is C27H30BrFN6O5. The number of carbonyl (C=O) groups excluding carboxylic acids is 2. The zero-order chi connectivity index (χ0) is 29.2. The van der Waals surface area contributed by atoms with E-state index in [2.05, 4.69) is 36.2 Å². The molecule has 3 atom stereocenters. The second-order valence-corrected chi connectivity index (χ2v) is 11.1. The van der Waals surface area contributed by atoms with Crippen molar-refractivity contribution in [2.45, 2.75) is 45.4 Å². The minimum absolute atomic E-state index is 0.0177. The average Bonchev–Trinajstić information content (AvgIpc) is 3.27. The van der Waals surface area contributed by atoms with Gasteiger partial charge in [0.2, 0.25) is 0 Å². The van der Waals surface area contributed by atoms with E-state index in [1.807, 2.05) is 25.7 Å². The Bertz CT molecular complexity index is 1420. The summed E-state index contributed by atoms with van der Waals surface area (Å²) < 4.78 is 25.8. The molecule has 3 aromatic rings. The van der Waals surface area contributed by atoms with Gasteiger partial charge < -0.3 is 30.5 Å². The van der Waals surface area contributed by atoms with Gasteiger partial charge in [-0.3, -0.25) is 4.79 Å². The molecule has 1 unspecified atom stereocenters. The first-order valence-electron chi connectivity index (χ1n) is 12.4. The third kappa shape index (κ3) is 5.99. The number of amides is 2. The average molecular weight is 617 g/mol. The third-order valence-electron chi connectivity index (χ3n) is 6.56. The maximum Gasteiger partial charge on any atom is 0.404 e. The van der Waals surface area contributed by atoms with E-state index in [9.17, 15) is 19.1 Å². The molecule has 40 heavy (non-hydrogen) atoms. The van der Waals surface area contributed by atoms with E-state index in [-0.39, 0.29) is 29.4 Å². The molecule has 11 nitrogen and oxygen atoms in total. The second kappa shape index (κ2) is 11.7. The van der Waals surface area contributed by atoms with Crippen LogP contribution in [0.3, 0.4) is 0 Å². The molecule has 4 N–H and O–H groups in total. The Morgan fingerprint density at radius 2 is 1.98 bits per heavy atom. The fraction of sp³-hybridized carbons (Fsp3) is 0.370. The Labute approximate surface area is 239 Å². The van der Waals surface area contributed by atoms with Crippen LogP contribution in [0.1, 0.15) is 37.7 Å². The van der Waals surface area contributed by atoms with E-state index in [0.717, 1.165) is 0 Å². The third-order valence-corrected chi connectivity index (χ3v) is 7.00. The van der Waals surface area contributed by atoms with Gasteiger partial charge in [-0.1, -0.05) is 26.8 Å². The van der Waals surface area contributed by atoms with Crippen LogP contribution in [0.15, 0.2) is 47.2 Å². The standard InChI is InChI=1S/C27H30BrFN6O5/c1-27(2,3)22-19(40-26(30)38)12-14(13-36)35(22)24-16(8-9-20(28)34-24)33-25(37)17-10-11-31-23(32-17)21-15(29)6-5-7-18(21)39-4/h5-11,14,19,22,36H,12-13H2,1-4H3,(H2,30,38)(H,33,37)/t14-,19-,22?/m0/s1. The van der Waals surface area contributed by atoms with Gasteiger partial charge in [-0.25, -0.2) is 24.1 Å². The van der Waals surface area contributed by atoms with Crippen molar-refractivity contribution >= 4 is 39.4 Å². The minimum atomic E-state index is -0.917. The summed E-state index contributed by atoms with van der Waals surface area (Å²) in [7, 11) is 1.40. The molecular weight excluding hydrogens is 587 g/mol. The number of primary amides is 1. The molecule has 1 saturated heterocycles. The lowest BCUT2D eigenvalue weighted by Gasteiger charge is -2.40. The number of aliphatic hydroxyl groups excluding tert-OH is 1. The lowest BCUT2D eigenvalue weighted by Crippen LogP contribution is -2.50. The van der Waals surface area contributed by atoms with Crippen LogP contribution in [-0.2, 0) is 4.74 Å². The first-order chi connectivity index (χ1) is 18.9. The maximum absolute atomic E-state index is 14.6. The van der Waals surface area contributed by atoms with E-state index in [1.54, 1.807) is 18.2 Å². The molecule has 1 aliphatic heterocycles. The summed E-state index contributed by atoms with van der Waals surface area (Å²) in [4.78, 5) is 40.0. The van der Waals surface area contributed by atoms with Gasteiger partial charge in [0.25, 0.3) is 5.91 Å². The van der Waals surface area contributed by atoms with Crippen LogP contribution in [0.2, 0.25) is 0 Å². The molecule has 0 spiro atoms. The first-order valence-corrected chi connectivity index (χ1v) is 13.2. The SMILES string of the molecule is COc1cccc(F)c1-c1nccc(C(=O)Nc2ccc(Br)nc2N2C(C(C)(C)C)[C@@H](OC(N)=O)C[C@H]2CO)n1. The van der Waals surface area contributed by atoms with E-state index in [1.165, 1.54) is 31.5 Å². The molecule has 0 aliphatic carbocycles. The lowest BCUT2D eigenvalue weighted by atomic mass is 9.83. The van der Waals surface area contributed by atoms with Gasteiger partial charge in [0.15, 0.2) is 11.6 Å². The summed E-state index contributed by atoms with van der Waals surface area (Å²) in [6.45, 7) is 5.65. The number of nitrogens with one attached hydrogen (secondary N) is 1. The van der Waals surface area contributed by atoms with Crippen molar-refractivity contribution in [2.75, 3.05) is 23.9 Å². The van der Waals surface area contributed by atoms with Crippen LogP contribution in [-0.4, -0.2) is 64.0 Å². The number of hydrogen-bond acceptors (Lipinski definition) is 9. The molecule has 1 fully saturated rings. The first kappa shape index (κ1) is 29.2. The van der Waals surface area contributed by atoms with E-state index in [4.69, 9.17) is 15.2 Å². The van der Waals surface area contributed by atoms with Crippen molar-refractivity contribution in [3.63, 3.8) is 0 Å². The zero-order valence-corrected chi connectivity index (χ0v) is 24.0. The number of pyridine rings is 1. The summed E-state index contributed by atoms with van der Waals surface area (Å²) in [6.07, 6.45) is 0.120. The van der Waals surface area contributed by atoms with Gasteiger partial charge in [0.1, 0.15) is 28.0 Å². The molecule has 3 heterocycles. The number of benzene rings is 1. The van der Waals surface area contributed by atoms with Crippen LogP contribution >= 0.6 is 15.9 Å². The Hall–Kier alpha value is -3.84. The Morgan fingerprint density at radius 1 is 1.23 bits per heavy atom. The molecule has 0 radical (unpaired) electrons. The fourth-order valence-corrected chi connectivity index (χ4v) is 5.32. The zero-order valence-electron chi connectivity index (χ0n) is 22.4. The lowest BCUT2D eigenvalue weighted by molar-refractivity contribution is 0.0744. The molecule has 212 valence electrons. The number of aromatic nitrogens is 3. The number of anilines is 2. The van der Waals surface area contributed by atoms with Crippen molar-refractivity contribution in [1.82, 2.24) is 15.0 Å². The Balaban J connectivity index is 1.72. The summed E-state index contributed by atoms with van der Waals surface area (Å²) >= 11 is 3.39. The molecule has 0 bridgehead atoms. The van der Waals surface area contributed by atoms with Crippen LogP contribution in [0, 0.1) is 11.2 Å². The van der Waals surface area contributed by atoms with Gasteiger partial charge in [-0.05, 0) is 51.7 Å². The van der Waals surface area contributed by atoms with Crippen molar-refractivity contribution in [3.05, 3.63) is 58.7 Å². The van der Waals surface area contributed by atoms with Crippen molar-refractivity contribution < 1.29 is 28.6 Å². The Morgan fingerprint density at radius 3 is 2.62 bits per heavy atom. The smallest absolute Gasteiger partial charge is 0.404 e. The molecule has 0 saturated carbocycles. The van der Waals surface area contributed by atoms with Gasteiger partial charge in [0, 0.05) is 12.6 Å². The highest BCUT2D eigenvalue weighted by molar-refractivity contribution is 9.10. The van der Waals surface area contributed by atoms with Gasteiger partial charge in [-0.15, -0.1) is 0 Å². The van der Waals surface area contributed by atoms with Gasteiger partial charge in [0.05, 0.1) is 37.1 Å². The summed E-state index contributed by atoms with van der Waals surface area (Å²) in [5, 5.41) is 13.1. The van der Waals surface area contributed by atoms with E-state index >= 15 is 0 Å². The predicted molar refractivity (Wildman–Crippen MR) is 150 cm³/mol. The van der Waals surface area contributed by atoms with Crippen LogP contribution in [0.5, 0.6) is 5.75 Å². The molecule has 2 amide bonds. The highest BCUT2D eigenvalue weighted by Gasteiger charge is 2.49. The number of aliphatic hydroxyl groups is 1. The van der Waals surface area contributed by atoms with Crippen LogP contribution < -0.4 is 20.7 Å². The quantitative estimate of drug-likeness (QED) is 0.332. The summed E-state index contributed by atoms with van der Waals surface area (Å²) in [5.41, 5.74) is 5.23. The number of hydrogen-bond donors (Lipinski definition) is 3. The fourth-order valence-electron chi connectivity index (χ4n) is 5.02. The number of nitrogens with zero attached hydrogens (tertiary/aromatic N) is 4. The van der Waals surface area contributed by atoms with Gasteiger partial charge >= 0.3 is 6.09 Å². The molecule has 2 aromatic heterocycles. The monoisotopic (exact) mass is 616 g/mol. The molecule has 4 rings (SSSR count). The summed E-state index contributed by atoms with van der Waals surface area (Å²) in [6, 6.07) is 8.12. The molecule has 1 aliphatic rings. The number of halogens is 2. The number of methoxy groups -OCH3 is 1. The van der Waals surface area contributed by atoms with Gasteiger partial charge in [-0.2, -0.15) is 0 Å².